The number of hydrogen-bond donors (Lipinski definition) is 1. The molecule has 4 heterocycles. The van der Waals surface area contributed by atoms with Crippen LogP contribution >= 0.6 is 0 Å². The van der Waals surface area contributed by atoms with Gasteiger partial charge in [-0.25, -0.2) is 19.5 Å². The zero-order chi connectivity index (χ0) is 18.0. The Balaban J connectivity index is 1.52. The van der Waals surface area contributed by atoms with Gasteiger partial charge in [-0.3, -0.25) is 0 Å². The Kier molecular flexibility index (Phi) is 3.09. The number of imidazole rings is 1. The predicted molar refractivity (Wildman–Crippen MR) is 104 cm³/mol. The summed E-state index contributed by atoms with van der Waals surface area (Å²) in [7, 11) is 0. The predicted octanol–water partition coefficient (Wildman–Crippen LogP) is 3.75. The number of nitrogens with zero attached hydrogens (tertiary/aromatic N) is 6. The summed E-state index contributed by atoms with van der Waals surface area (Å²) in [5, 5.41) is 7.98. The lowest BCUT2D eigenvalue weighted by Crippen LogP contribution is -2.27. The number of fused-ring (bicyclic) bond motifs is 2. The topological polar surface area (TPSA) is 72.9 Å². The molecule has 0 aromatic carbocycles. The van der Waals surface area contributed by atoms with E-state index in [0.29, 0.717) is 12.1 Å². The van der Waals surface area contributed by atoms with Gasteiger partial charge in [0.05, 0.1) is 5.52 Å². The molecule has 0 unspecified atom stereocenters. The first-order chi connectivity index (χ1) is 13.3. The van der Waals surface area contributed by atoms with Crippen molar-refractivity contribution < 1.29 is 0 Å². The van der Waals surface area contributed by atoms with Gasteiger partial charge in [-0.1, -0.05) is 0 Å². The third kappa shape index (κ3) is 2.34. The van der Waals surface area contributed by atoms with E-state index in [1.165, 1.54) is 32.1 Å². The van der Waals surface area contributed by atoms with Crippen LogP contribution < -0.4 is 5.32 Å². The molecule has 0 atom stereocenters. The van der Waals surface area contributed by atoms with Crippen molar-refractivity contribution in [3.05, 3.63) is 36.7 Å². The van der Waals surface area contributed by atoms with Crippen LogP contribution in [0.4, 0.5) is 5.82 Å². The van der Waals surface area contributed by atoms with Crippen LogP contribution in [0.25, 0.3) is 27.8 Å². The molecule has 7 nitrogen and oxygen atoms in total. The van der Waals surface area contributed by atoms with E-state index in [4.69, 9.17) is 0 Å². The molecule has 0 aliphatic heterocycles. The molecule has 4 aromatic rings. The second-order valence-corrected chi connectivity index (χ2v) is 7.73. The molecule has 2 aliphatic rings. The highest BCUT2D eigenvalue weighted by Crippen LogP contribution is 2.39. The van der Waals surface area contributed by atoms with Crippen molar-refractivity contribution in [2.24, 2.45) is 0 Å². The zero-order valence-corrected chi connectivity index (χ0v) is 15.3. The minimum Gasteiger partial charge on any atom is -0.365 e. The summed E-state index contributed by atoms with van der Waals surface area (Å²) in [6, 6.07) is 5.42. The van der Waals surface area contributed by atoms with Crippen molar-refractivity contribution in [3.63, 3.8) is 0 Å². The Morgan fingerprint density at radius 3 is 2.81 bits per heavy atom. The first kappa shape index (κ1) is 15.1. The second kappa shape index (κ2) is 5.52. The number of aromatic nitrogens is 6. The second-order valence-electron chi connectivity index (χ2n) is 7.73. The largest absolute Gasteiger partial charge is 0.365 e. The Hall–Kier alpha value is -2.96. The highest BCUT2D eigenvalue weighted by Gasteiger charge is 2.27. The number of rotatable bonds is 4. The van der Waals surface area contributed by atoms with Crippen LogP contribution in [-0.2, 0) is 0 Å². The fraction of sp³-hybridized carbons (Fsp3) is 0.400. The van der Waals surface area contributed by atoms with Gasteiger partial charge in [0.2, 0.25) is 0 Å². The van der Waals surface area contributed by atoms with Gasteiger partial charge in [0.15, 0.2) is 11.5 Å². The van der Waals surface area contributed by atoms with Crippen LogP contribution in [0, 0.1) is 6.92 Å². The first-order valence-corrected chi connectivity index (χ1v) is 9.72. The zero-order valence-electron chi connectivity index (χ0n) is 15.3. The average molecular weight is 359 g/mol. The standard InChI is InChI=1S/C20H21N7/c1-12-24-19-17(27(12)15-5-6-15)9-13(10-21-19)16-7-8-26-18(16)20(22-11-23-26)25-14-3-2-4-14/h7-11,14-15H,2-6H2,1H3,(H,22,23,25). The highest BCUT2D eigenvalue weighted by molar-refractivity contribution is 5.91. The number of aryl methyl sites for hydroxylation is 1. The summed E-state index contributed by atoms with van der Waals surface area (Å²) >= 11 is 0. The van der Waals surface area contributed by atoms with Crippen LogP contribution in [-0.4, -0.2) is 35.2 Å². The fourth-order valence-electron chi connectivity index (χ4n) is 4.07. The van der Waals surface area contributed by atoms with E-state index in [-0.39, 0.29) is 0 Å². The number of nitrogens with one attached hydrogen (secondary N) is 1. The van der Waals surface area contributed by atoms with Gasteiger partial charge in [-0.15, -0.1) is 0 Å². The van der Waals surface area contributed by atoms with E-state index in [0.717, 1.165) is 39.4 Å². The lowest BCUT2D eigenvalue weighted by atomic mass is 9.93. The van der Waals surface area contributed by atoms with Gasteiger partial charge in [-0.05, 0) is 51.2 Å². The van der Waals surface area contributed by atoms with Gasteiger partial charge in [-0.2, -0.15) is 5.10 Å². The van der Waals surface area contributed by atoms with Gasteiger partial charge in [0, 0.05) is 35.6 Å². The average Bonchev–Trinajstić information content (AvgIpc) is 3.27. The van der Waals surface area contributed by atoms with Gasteiger partial charge in [0.25, 0.3) is 0 Å². The van der Waals surface area contributed by atoms with Gasteiger partial charge in [0.1, 0.15) is 17.7 Å². The molecule has 1 N–H and O–H groups in total. The molecular formula is C20H21N7. The normalized spacial score (nSPS) is 17.5. The minimum atomic E-state index is 0.519. The molecule has 0 spiro atoms. The molecular weight excluding hydrogens is 338 g/mol. The number of anilines is 1. The molecule has 4 aromatic heterocycles. The third-order valence-electron chi connectivity index (χ3n) is 5.85. The molecule has 2 fully saturated rings. The Morgan fingerprint density at radius 1 is 1.15 bits per heavy atom. The van der Waals surface area contributed by atoms with E-state index < -0.39 is 0 Å². The van der Waals surface area contributed by atoms with Crippen molar-refractivity contribution in [2.45, 2.75) is 51.1 Å². The van der Waals surface area contributed by atoms with E-state index in [1.807, 2.05) is 16.9 Å². The lowest BCUT2D eigenvalue weighted by molar-refractivity contribution is 0.444. The minimum absolute atomic E-state index is 0.519. The van der Waals surface area contributed by atoms with Crippen LogP contribution in [0.5, 0.6) is 0 Å². The Morgan fingerprint density at radius 2 is 2.04 bits per heavy atom. The van der Waals surface area contributed by atoms with E-state index in [2.05, 4.69) is 49.0 Å². The summed E-state index contributed by atoms with van der Waals surface area (Å²) in [6.07, 6.45) is 11.7. The summed E-state index contributed by atoms with van der Waals surface area (Å²) in [5.41, 5.74) is 5.15. The Bertz CT molecular complexity index is 1160. The molecule has 27 heavy (non-hydrogen) atoms. The van der Waals surface area contributed by atoms with Crippen LogP contribution in [0.3, 0.4) is 0 Å². The molecule has 2 saturated carbocycles. The molecule has 0 amide bonds. The summed E-state index contributed by atoms with van der Waals surface area (Å²) in [6.45, 7) is 2.07. The maximum atomic E-state index is 4.65. The van der Waals surface area contributed by atoms with Crippen LogP contribution in [0.15, 0.2) is 30.9 Å². The van der Waals surface area contributed by atoms with Crippen molar-refractivity contribution in [1.29, 1.82) is 0 Å². The van der Waals surface area contributed by atoms with E-state index in [9.17, 15) is 0 Å². The van der Waals surface area contributed by atoms with Crippen molar-refractivity contribution in [2.75, 3.05) is 5.32 Å². The highest BCUT2D eigenvalue weighted by atomic mass is 15.3. The summed E-state index contributed by atoms with van der Waals surface area (Å²) < 4.78 is 4.24. The molecule has 0 bridgehead atoms. The molecule has 6 rings (SSSR count). The van der Waals surface area contributed by atoms with Crippen LogP contribution in [0.2, 0.25) is 0 Å². The van der Waals surface area contributed by atoms with Gasteiger partial charge >= 0.3 is 0 Å². The maximum absolute atomic E-state index is 4.65. The molecule has 0 saturated heterocycles. The fourth-order valence-corrected chi connectivity index (χ4v) is 4.07. The van der Waals surface area contributed by atoms with Crippen LogP contribution in [0.1, 0.15) is 44.0 Å². The maximum Gasteiger partial charge on any atom is 0.177 e. The van der Waals surface area contributed by atoms with E-state index in [1.54, 1.807) is 6.33 Å². The monoisotopic (exact) mass is 359 g/mol. The summed E-state index contributed by atoms with van der Waals surface area (Å²) in [5.74, 6) is 1.95. The smallest absolute Gasteiger partial charge is 0.177 e. The first-order valence-electron chi connectivity index (χ1n) is 9.72. The van der Waals surface area contributed by atoms with Crippen molar-refractivity contribution in [3.8, 4) is 11.1 Å². The quantitative estimate of drug-likeness (QED) is 0.601. The summed E-state index contributed by atoms with van der Waals surface area (Å²) in [4.78, 5) is 13.8. The van der Waals surface area contributed by atoms with Gasteiger partial charge < -0.3 is 9.88 Å². The van der Waals surface area contributed by atoms with Crippen molar-refractivity contribution in [1.82, 2.24) is 29.1 Å². The van der Waals surface area contributed by atoms with Crippen molar-refractivity contribution >= 4 is 22.5 Å². The molecule has 0 radical (unpaired) electrons. The van der Waals surface area contributed by atoms with E-state index >= 15 is 0 Å². The third-order valence-corrected chi connectivity index (χ3v) is 5.85. The number of pyridine rings is 1. The number of hydrogen-bond acceptors (Lipinski definition) is 5. The Labute approximate surface area is 156 Å². The molecule has 7 heteroatoms. The SMILES string of the molecule is Cc1nc2ncc(-c3ccn4ncnc(NC5CCC5)c34)cc2n1C1CC1. The molecule has 136 valence electrons. The molecule has 2 aliphatic carbocycles. The lowest BCUT2D eigenvalue weighted by Gasteiger charge is -2.27.